The molecule has 3 rings (SSSR count). The molecule has 0 saturated carbocycles. The molecule has 0 aliphatic rings. The standard InChI is InChI=1S/C28H28N4O4S/c1-3-31(4-2)30-29-25-17-19-26(20-18-25)37(35,36)32(27(33)21-15-23-11-7-5-8-12-23)28(34)22-16-24-13-9-6-10-14-24/h5-22H,3-4H2,1-2H3/b21-15+,22-16+,30-29?. The summed E-state index contributed by atoms with van der Waals surface area (Å²) in [6, 6.07) is 23.3. The van der Waals surface area contributed by atoms with Gasteiger partial charge in [-0.25, -0.2) is 8.42 Å². The van der Waals surface area contributed by atoms with Crippen LogP contribution >= 0.6 is 0 Å². The molecule has 0 atom stereocenters. The van der Waals surface area contributed by atoms with E-state index >= 15 is 0 Å². The highest BCUT2D eigenvalue weighted by atomic mass is 32.2. The topological polar surface area (TPSA) is 99.5 Å². The van der Waals surface area contributed by atoms with Crippen LogP contribution in [0.5, 0.6) is 0 Å². The minimum absolute atomic E-state index is 0.225. The van der Waals surface area contributed by atoms with Crippen LogP contribution in [0.3, 0.4) is 0 Å². The maximum atomic E-state index is 13.5. The zero-order chi connectivity index (χ0) is 26.7. The normalized spacial score (nSPS) is 11.8. The van der Waals surface area contributed by atoms with Crippen molar-refractivity contribution in [2.45, 2.75) is 18.7 Å². The van der Waals surface area contributed by atoms with Gasteiger partial charge in [-0.2, -0.15) is 4.31 Å². The number of sulfonamides is 1. The number of carbonyl (C=O) groups excluding carboxylic acids is 2. The number of benzene rings is 3. The molecule has 3 aromatic carbocycles. The molecule has 0 aliphatic carbocycles. The van der Waals surface area contributed by atoms with Crippen LogP contribution < -0.4 is 0 Å². The fourth-order valence-electron chi connectivity index (χ4n) is 3.20. The van der Waals surface area contributed by atoms with Crippen LogP contribution in [-0.4, -0.2) is 42.6 Å². The third-order valence-electron chi connectivity index (χ3n) is 5.23. The molecule has 0 N–H and O–H groups in total. The van der Waals surface area contributed by atoms with Gasteiger partial charge < -0.3 is 0 Å². The van der Waals surface area contributed by atoms with E-state index in [9.17, 15) is 18.0 Å². The van der Waals surface area contributed by atoms with Crippen molar-refractivity contribution in [3.05, 3.63) is 108 Å². The third kappa shape index (κ3) is 7.55. The molecule has 0 saturated heterocycles. The Morgan fingerprint density at radius 2 is 1.19 bits per heavy atom. The van der Waals surface area contributed by atoms with E-state index in [-0.39, 0.29) is 9.20 Å². The summed E-state index contributed by atoms with van der Waals surface area (Å²) in [5.74, 6) is -1.98. The molecule has 190 valence electrons. The first-order chi connectivity index (χ1) is 17.8. The Bertz CT molecular complexity index is 1320. The molecule has 8 nitrogen and oxygen atoms in total. The van der Waals surface area contributed by atoms with Crippen LogP contribution in [-0.2, 0) is 19.6 Å². The lowest BCUT2D eigenvalue weighted by Crippen LogP contribution is -2.39. The Kier molecular flexibility index (Phi) is 9.62. The maximum absolute atomic E-state index is 13.5. The number of imide groups is 1. The Morgan fingerprint density at radius 3 is 1.62 bits per heavy atom. The molecular weight excluding hydrogens is 488 g/mol. The molecule has 0 spiro atoms. The molecule has 3 aromatic rings. The molecule has 37 heavy (non-hydrogen) atoms. The van der Waals surface area contributed by atoms with Gasteiger partial charge in [0.15, 0.2) is 0 Å². The molecule has 0 fully saturated rings. The minimum Gasteiger partial charge on any atom is -0.279 e. The monoisotopic (exact) mass is 516 g/mol. The van der Waals surface area contributed by atoms with Gasteiger partial charge in [0.2, 0.25) is 0 Å². The number of hydrogen-bond donors (Lipinski definition) is 0. The van der Waals surface area contributed by atoms with E-state index in [1.807, 2.05) is 26.0 Å². The van der Waals surface area contributed by atoms with Crippen LogP contribution in [0.25, 0.3) is 12.2 Å². The Labute approximate surface area is 217 Å². The van der Waals surface area contributed by atoms with E-state index < -0.39 is 21.8 Å². The van der Waals surface area contributed by atoms with Gasteiger partial charge in [0.25, 0.3) is 21.8 Å². The molecule has 0 radical (unpaired) electrons. The van der Waals surface area contributed by atoms with Crippen molar-refractivity contribution in [2.24, 2.45) is 10.3 Å². The highest BCUT2D eigenvalue weighted by Crippen LogP contribution is 2.22. The predicted octanol–water partition coefficient (Wildman–Crippen LogP) is 5.50. The number of rotatable bonds is 10. The SMILES string of the molecule is CCN(CC)N=Nc1ccc(S(=O)(=O)N(C(=O)/C=C/c2ccccc2)C(=O)/C=C/c2ccccc2)cc1. The van der Waals surface area contributed by atoms with Crippen LogP contribution in [0.1, 0.15) is 25.0 Å². The Morgan fingerprint density at radius 1 is 0.730 bits per heavy atom. The maximum Gasteiger partial charge on any atom is 0.273 e. The van der Waals surface area contributed by atoms with Gasteiger partial charge in [-0.3, -0.25) is 14.6 Å². The average molecular weight is 517 g/mol. The summed E-state index contributed by atoms with van der Waals surface area (Å²) in [5, 5.41) is 9.93. The molecule has 0 unspecified atom stereocenters. The van der Waals surface area contributed by atoms with Crippen molar-refractivity contribution in [1.29, 1.82) is 0 Å². The number of amides is 2. The fourth-order valence-corrected chi connectivity index (χ4v) is 4.49. The van der Waals surface area contributed by atoms with Crippen LogP contribution in [0.2, 0.25) is 0 Å². The first-order valence-corrected chi connectivity index (χ1v) is 13.1. The van der Waals surface area contributed by atoms with Crippen molar-refractivity contribution >= 4 is 39.7 Å². The highest BCUT2D eigenvalue weighted by molar-refractivity contribution is 7.90. The molecular formula is C28H28N4O4S. The van der Waals surface area contributed by atoms with Gasteiger partial charge in [-0.15, -0.1) is 5.11 Å². The quantitative estimate of drug-likeness (QED) is 0.201. The van der Waals surface area contributed by atoms with Crippen LogP contribution in [0, 0.1) is 0 Å². The molecule has 9 heteroatoms. The van der Waals surface area contributed by atoms with Crippen LogP contribution in [0.4, 0.5) is 5.69 Å². The van der Waals surface area contributed by atoms with Crippen molar-refractivity contribution in [2.75, 3.05) is 13.1 Å². The lowest BCUT2D eigenvalue weighted by molar-refractivity contribution is -0.132. The highest BCUT2D eigenvalue weighted by Gasteiger charge is 2.33. The lowest BCUT2D eigenvalue weighted by atomic mass is 10.2. The van der Waals surface area contributed by atoms with E-state index in [2.05, 4.69) is 10.3 Å². The third-order valence-corrected chi connectivity index (χ3v) is 6.94. The zero-order valence-electron chi connectivity index (χ0n) is 20.6. The number of nitrogens with zero attached hydrogens (tertiary/aromatic N) is 4. The summed E-state index contributed by atoms with van der Waals surface area (Å²) >= 11 is 0. The Hall–Kier alpha value is -4.37. The van der Waals surface area contributed by atoms with Gasteiger partial charge in [-0.1, -0.05) is 65.9 Å². The zero-order valence-corrected chi connectivity index (χ0v) is 21.5. The van der Waals surface area contributed by atoms with E-state index in [0.29, 0.717) is 29.9 Å². The second-order valence-corrected chi connectivity index (χ2v) is 9.54. The molecule has 0 aliphatic heterocycles. The second-order valence-electron chi connectivity index (χ2n) is 7.76. The van der Waals surface area contributed by atoms with Crippen molar-refractivity contribution < 1.29 is 18.0 Å². The fraction of sp³-hybridized carbons (Fsp3) is 0.143. The van der Waals surface area contributed by atoms with Gasteiger partial charge in [0, 0.05) is 25.2 Å². The first-order valence-electron chi connectivity index (χ1n) is 11.7. The average Bonchev–Trinajstić information content (AvgIpc) is 2.92. The molecule has 0 heterocycles. The van der Waals surface area contributed by atoms with E-state index in [4.69, 9.17) is 0 Å². The molecule has 2 amide bonds. The first kappa shape index (κ1) is 27.2. The van der Waals surface area contributed by atoms with Crippen LogP contribution in [0.15, 0.2) is 112 Å². The molecule has 0 aromatic heterocycles. The lowest BCUT2D eigenvalue weighted by Gasteiger charge is -2.18. The van der Waals surface area contributed by atoms with Crippen molar-refractivity contribution in [3.63, 3.8) is 0 Å². The summed E-state index contributed by atoms with van der Waals surface area (Å²) in [6.07, 6.45) is 5.03. The summed E-state index contributed by atoms with van der Waals surface area (Å²) in [7, 11) is -4.52. The van der Waals surface area contributed by atoms with Gasteiger partial charge in [-0.05, 0) is 61.4 Å². The summed E-state index contributed by atoms with van der Waals surface area (Å²) in [5.41, 5.74) is 1.80. The summed E-state index contributed by atoms with van der Waals surface area (Å²) < 4.78 is 27.2. The van der Waals surface area contributed by atoms with Gasteiger partial charge in [0.05, 0.1) is 10.6 Å². The van der Waals surface area contributed by atoms with E-state index in [1.54, 1.807) is 53.5 Å². The van der Waals surface area contributed by atoms with Gasteiger partial charge in [0.1, 0.15) is 0 Å². The largest absolute Gasteiger partial charge is 0.279 e. The predicted molar refractivity (Wildman–Crippen MR) is 144 cm³/mol. The van der Waals surface area contributed by atoms with Gasteiger partial charge >= 0.3 is 0 Å². The summed E-state index contributed by atoms with van der Waals surface area (Å²) in [4.78, 5) is 25.9. The smallest absolute Gasteiger partial charge is 0.273 e. The Balaban J connectivity index is 1.93. The number of hydrogen-bond acceptors (Lipinski definition) is 6. The number of carbonyl (C=O) groups is 2. The summed E-state index contributed by atoms with van der Waals surface area (Å²) in [6.45, 7) is 5.25. The van der Waals surface area contributed by atoms with E-state index in [0.717, 1.165) is 12.2 Å². The minimum atomic E-state index is -4.52. The van der Waals surface area contributed by atoms with Crippen molar-refractivity contribution in [1.82, 2.24) is 9.31 Å². The molecule has 0 bridgehead atoms. The second kappa shape index (κ2) is 13.1. The van der Waals surface area contributed by atoms with Crippen molar-refractivity contribution in [3.8, 4) is 0 Å². The van der Waals surface area contributed by atoms with E-state index in [1.165, 1.54) is 36.4 Å².